The molecule has 1 atom stereocenters. The minimum Gasteiger partial charge on any atom is -0.454 e. The predicted octanol–water partition coefficient (Wildman–Crippen LogP) is 2.89. The van der Waals surface area contributed by atoms with Crippen molar-refractivity contribution in [2.45, 2.75) is 23.8 Å². The third-order valence-electron chi connectivity index (χ3n) is 4.65. The van der Waals surface area contributed by atoms with Gasteiger partial charge >= 0.3 is 0 Å². The van der Waals surface area contributed by atoms with Crippen molar-refractivity contribution in [3.63, 3.8) is 0 Å². The van der Waals surface area contributed by atoms with Gasteiger partial charge in [0, 0.05) is 29.4 Å². The highest BCUT2D eigenvalue weighted by atomic mass is 79.9. The van der Waals surface area contributed by atoms with E-state index in [-0.39, 0.29) is 29.9 Å². The summed E-state index contributed by atoms with van der Waals surface area (Å²) in [6.07, 6.45) is 1.63. The average Bonchev–Trinajstić information content (AvgIpc) is 3.38. The van der Waals surface area contributed by atoms with Crippen LogP contribution in [-0.4, -0.2) is 40.4 Å². The normalized spacial score (nSPS) is 18.0. The van der Waals surface area contributed by atoms with Crippen LogP contribution in [0.2, 0.25) is 0 Å². The van der Waals surface area contributed by atoms with E-state index in [0.29, 0.717) is 28.3 Å². The second kappa shape index (κ2) is 8.31. The first-order valence-corrected chi connectivity index (χ1v) is 11.3. The molecule has 154 valence electrons. The maximum absolute atomic E-state index is 12.7. The maximum Gasteiger partial charge on any atom is 0.256 e. The molecule has 1 amide bonds. The van der Waals surface area contributed by atoms with Crippen LogP contribution >= 0.6 is 15.9 Å². The zero-order valence-electron chi connectivity index (χ0n) is 15.3. The number of sulfonamides is 1. The topological polar surface area (TPSA) is 103 Å². The highest BCUT2D eigenvalue weighted by Crippen LogP contribution is 2.34. The molecule has 2 aromatic carbocycles. The lowest BCUT2D eigenvalue weighted by molar-refractivity contribution is 0.102. The second-order valence-electron chi connectivity index (χ2n) is 6.65. The molecule has 0 aromatic heterocycles. The average molecular weight is 483 g/mol. The van der Waals surface area contributed by atoms with Gasteiger partial charge in [0.2, 0.25) is 16.8 Å². The summed E-state index contributed by atoms with van der Waals surface area (Å²) < 4.78 is 44.3. The number of carbonyl (C=O) groups excluding carboxylic acids is 1. The van der Waals surface area contributed by atoms with Crippen molar-refractivity contribution in [1.29, 1.82) is 0 Å². The van der Waals surface area contributed by atoms with E-state index in [1.165, 1.54) is 18.2 Å². The number of hydrogen-bond donors (Lipinski definition) is 2. The number of rotatable bonds is 6. The molecule has 2 N–H and O–H groups in total. The van der Waals surface area contributed by atoms with Gasteiger partial charge in [-0.2, -0.15) is 0 Å². The summed E-state index contributed by atoms with van der Waals surface area (Å²) in [7, 11) is -3.77. The Labute approximate surface area is 176 Å². The van der Waals surface area contributed by atoms with Crippen LogP contribution in [0, 0.1) is 0 Å². The standard InChI is InChI=1S/C19H19BrN2O6S/c20-16-5-4-14(29(24,25)21-10-13-2-1-7-26-13)9-15(16)19(23)22-12-3-6-17-18(8-12)28-11-27-17/h3-6,8-9,13,21H,1-2,7,10-11H2,(H,22,23)/t13-/m1/s1. The molecule has 0 radical (unpaired) electrons. The first kappa shape index (κ1) is 20.1. The molecule has 0 spiro atoms. The van der Waals surface area contributed by atoms with E-state index in [1.807, 2.05) is 0 Å². The third-order valence-corrected chi connectivity index (χ3v) is 6.76. The van der Waals surface area contributed by atoms with E-state index in [0.717, 1.165) is 12.8 Å². The van der Waals surface area contributed by atoms with Crippen molar-refractivity contribution in [3.8, 4) is 11.5 Å². The van der Waals surface area contributed by atoms with Gasteiger partial charge in [0.25, 0.3) is 5.91 Å². The first-order valence-electron chi connectivity index (χ1n) is 9.04. The Morgan fingerprint density at radius 1 is 1.14 bits per heavy atom. The van der Waals surface area contributed by atoms with Crippen LogP contribution in [0.25, 0.3) is 0 Å². The summed E-state index contributed by atoms with van der Waals surface area (Å²) in [6.45, 7) is 0.989. The summed E-state index contributed by atoms with van der Waals surface area (Å²) >= 11 is 3.31. The SMILES string of the molecule is O=C(Nc1ccc2c(c1)OCO2)c1cc(S(=O)(=O)NC[C@H]2CCCO2)ccc1Br. The molecule has 10 heteroatoms. The first-order chi connectivity index (χ1) is 13.9. The zero-order chi connectivity index (χ0) is 20.4. The van der Waals surface area contributed by atoms with Gasteiger partial charge in [0.05, 0.1) is 16.6 Å². The summed E-state index contributed by atoms with van der Waals surface area (Å²) in [4.78, 5) is 12.7. The van der Waals surface area contributed by atoms with Crippen molar-refractivity contribution >= 4 is 37.5 Å². The van der Waals surface area contributed by atoms with Crippen LogP contribution in [0.5, 0.6) is 11.5 Å². The van der Waals surface area contributed by atoms with Gasteiger partial charge in [-0.1, -0.05) is 0 Å². The van der Waals surface area contributed by atoms with Gasteiger partial charge in [0.1, 0.15) is 0 Å². The highest BCUT2D eigenvalue weighted by Gasteiger charge is 2.22. The van der Waals surface area contributed by atoms with E-state index in [2.05, 4.69) is 26.0 Å². The monoisotopic (exact) mass is 482 g/mol. The summed E-state index contributed by atoms with van der Waals surface area (Å²) in [6, 6.07) is 9.35. The van der Waals surface area contributed by atoms with Gasteiger partial charge in [-0.05, 0) is 59.1 Å². The quantitative estimate of drug-likeness (QED) is 0.655. The molecule has 0 aliphatic carbocycles. The molecule has 1 fully saturated rings. The zero-order valence-corrected chi connectivity index (χ0v) is 17.7. The number of fused-ring (bicyclic) bond motifs is 1. The molecular weight excluding hydrogens is 464 g/mol. The molecule has 2 aromatic rings. The van der Waals surface area contributed by atoms with E-state index < -0.39 is 15.9 Å². The fraction of sp³-hybridized carbons (Fsp3) is 0.316. The van der Waals surface area contributed by atoms with Crippen LogP contribution in [0.3, 0.4) is 0 Å². The molecule has 8 nitrogen and oxygen atoms in total. The van der Waals surface area contributed by atoms with Crippen LogP contribution < -0.4 is 19.5 Å². The molecule has 2 aliphatic rings. The Bertz CT molecular complexity index is 1040. The van der Waals surface area contributed by atoms with Crippen molar-refractivity contribution < 1.29 is 27.4 Å². The van der Waals surface area contributed by atoms with E-state index in [9.17, 15) is 13.2 Å². The molecule has 29 heavy (non-hydrogen) atoms. The van der Waals surface area contributed by atoms with Crippen molar-refractivity contribution in [1.82, 2.24) is 4.72 Å². The van der Waals surface area contributed by atoms with Gasteiger partial charge in [-0.15, -0.1) is 0 Å². The molecule has 2 aliphatic heterocycles. The van der Waals surface area contributed by atoms with Crippen LogP contribution in [0.1, 0.15) is 23.2 Å². The number of ether oxygens (including phenoxy) is 3. The number of nitrogens with one attached hydrogen (secondary N) is 2. The fourth-order valence-electron chi connectivity index (χ4n) is 3.11. The van der Waals surface area contributed by atoms with Gasteiger partial charge in [-0.25, -0.2) is 13.1 Å². The Kier molecular flexibility index (Phi) is 5.77. The lowest BCUT2D eigenvalue weighted by atomic mass is 10.2. The van der Waals surface area contributed by atoms with Crippen molar-refractivity contribution in [2.75, 3.05) is 25.3 Å². The van der Waals surface area contributed by atoms with Crippen molar-refractivity contribution in [3.05, 3.63) is 46.4 Å². The number of hydrogen-bond acceptors (Lipinski definition) is 6. The van der Waals surface area contributed by atoms with Gasteiger partial charge < -0.3 is 19.5 Å². The minimum atomic E-state index is -3.77. The Balaban J connectivity index is 1.50. The lowest BCUT2D eigenvalue weighted by Crippen LogP contribution is -2.32. The smallest absolute Gasteiger partial charge is 0.256 e. The van der Waals surface area contributed by atoms with E-state index in [4.69, 9.17) is 14.2 Å². The molecule has 1 saturated heterocycles. The number of benzene rings is 2. The fourth-order valence-corrected chi connectivity index (χ4v) is 4.63. The van der Waals surface area contributed by atoms with E-state index >= 15 is 0 Å². The van der Waals surface area contributed by atoms with E-state index in [1.54, 1.807) is 18.2 Å². The number of carbonyl (C=O) groups is 1. The number of halogens is 1. The largest absolute Gasteiger partial charge is 0.454 e. The molecular formula is C19H19BrN2O6S. The van der Waals surface area contributed by atoms with Gasteiger partial charge in [0.15, 0.2) is 11.5 Å². The Hall–Kier alpha value is -2.14. The van der Waals surface area contributed by atoms with Crippen LogP contribution in [0.4, 0.5) is 5.69 Å². The molecule has 4 rings (SSSR count). The number of amides is 1. The Morgan fingerprint density at radius 3 is 2.76 bits per heavy atom. The van der Waals surface area contributed by atoms with Gasteiger partial charge in [-0.3, -0.25) is 4.79 Å². The number of anilines is 1. The van der Waals surface area contributed by atoms with Crippen molar-refractivity contribution in [2.24, 2.45) is 0 Å². The van der Waals surface area contributed by atoms with Crippen LogP contribution in [-0.2, 0) is 14.8 Å². The minimum absolute atomic E-state index is 0.00883. The summed E-state index contributed by atoms with van der Waals surface area (Å²) in [5.74, 6) is 0.693. The van der Waals surface area contributed by atoms with Crippen LogP contribution in [0.15, 0.2) is 45.8 Å². The highest BCUT2D eigenvalue weighted by molar-refractivity contribution is 9.10. The molecule has 2 heterocycles. The summed E-state index contributed by atoms with van der Waals surface area (Å²) in [5.41, 5.74) is 0.707. The lowest BCUT2D eigenvalue weighted by Gasteiger charge is -2.13. The predicted molar refractivity (Wildman–Crippen MR) is 109 cm³/mol. The third kappa shape index (κ3) is 4.55. The Morgan fingerprint density at radius 2 is 1.97 bits per heavy atom. The molecule has 0 bridgehead atoms. The molecule has 0 unspecified atom stereocenters. The molecule has 0 saturated carbocycles. The summed E-state index contributed by atoms with van der Waals surface area (Å²) in [5, 5.41) is 2.74. The maximum atomic E-state index is 12.7. The second-order valence-corrected chi connectivity index (χ2v) is 9.27.